The van der Waals surface area contributed by atoms with Crippen LogP contribution in [0.3, 0.4) is 0 Å². The van der Waals surface area contributed by atoms with Gasteiger partial charge in [-0.1, -0.05) is 83.9 Å². The Morgan fingerprint density at radius 2 is 1.62 bits per heavy atom. The van der Waals surface area contributed by atoms with E-state index in [1.807, 2.05) is 18.2 Å². The number of hydrogen-bond acceptors (Lipinski definition) is 2. The Labute approximate surface area is 149 Å². The van der Waals surface area contributed by atoms with E-state index in [1.54, 1.807) is 0 Å². The highest BCUT2D eigenvalue weighted by molar-refractivity contribution is 5.72. The molecule has 0 aliphatic rings. The minimum atomic E-state index is -0.0937. The van der Waals surface area contributed by atoms with E-state index in [2.05, 4.69) is 26.8 Å². The summed E-state index contributed by atoms with van der Waals surface area (Å²) in [5.74, 6) is 1.46. The summed E-state index contributed by atoms with van der Waals surface area (Å²) in [4.78, 5) is 11.9. The summed E-state index contributed by atoms with van der Waals surface area (Å²) < 4.78 is 5.59. The zero-order chi connectivity index (χ0) is 17.6. The molecule has 0 saturated carbocycles. The average molecular weight is 333 g/mol. The summed E-state index contributed by atoms with van der Waals surface area (Å²) in [7, 11) is 0. The van der Waals surface area contributed by atoms with Gasteiger partial charge in [0.25, 0.3) is 0 Å². The van der Waals surface area contributed by atoms with Crippen LogP contribution in [0.15, 0.2) is 24.3 Å². The third kappa shape index (κ3) is 9.10. The second-order valence-corrected chi connectivity index (χ2v) is 7.03. The molecule has 0 aromatic heterocycles. The van der Waals surface area contributed by atoms with Gasteiger partial charge in [-0.05, 0) is 36.8 Å². The summed E-state index contributed by atoms with van der Waals surface area (Å²) in [6.07, 6.45) is 12.4. The molecule has 0 aliphatic heterocycles. The lowest BCUT2D eigenvalue weighted by Crippen LogP contribution is -2.09. The number of esters is 1. The summed E-state index contributed by atoms with van der Waals surface area (Å²) in [5, 5.41) is 0. The number of ether oxygens (including phenoxy) is 1. The summed E-state index contributed by atoms with van der Waals surface area (Å²) in [6.45, 7) is 6.75. The second kappa shape index (κ2) is 13.0. The number of hydrogen-bond donors (Lipinski definition) is 0. The van der Waals surface area contributed by atoms with Crippen molar-refractivity contribution in [2.45, 2.75) is 91.4 Å². The molecule has 136 valence electrons. The molecule has 1 rings (SSSR count). The molecular formula is C22H36O2. The molecule has 0 heterocycles. The van der Waals surface area contributed by atoms with Gasteiger partial charge in [0.05, 0.1) is 0 Å². The van der Waals surface area contributed by atoms with Crippen LogP contribution in [0.25, 0.3) is 0 Å². The molecule has 0 bridgehead atoms. The number of para-hydroxylation sites is 1. The normalized spacial score (nSPS) is 12.1. The van der Waals surface area contributed by atoms with Crippen molar-refractivity contribution < 1.29 is 9.53 Å². The third-order valence-corrected chi connectivity index (χ3v) is 4.62. The van der Waals surface area contributed by atoms with E-state index in [0.29, 0.717) is 6.42 Å². The predicted octanol–water partition coefficient (Wildman–Crippen LogP) is 6.71. The first kappa shape index (κ1) is 20.7. The minimum absolute atomic E-state index is 0.0937. The largest absolute Gasteiger partial charge is 0.426 e. The molecule has 1 aromatic carbocycles. The molecule has 0 radical (unpaired) electrons. The van der Waals surface area contributed by atoms with Crippen LogP contribution in [-0.2, 0) is 11.2 Å². The molecule has 1 aromatic rings. The SMILES string of the molecule is CCCCCC(=O)Oc1ccccc1CCCC(C)CCCCC. The smallest absolute Gasteiger partial charge is 0.311 e. The van der Waals surface area contributed by atoms with Crippen molar-refractivity contribution in [3.63, 3.8) is 0 Å². The Morgan fingerprint density at radius 1 is 0.958 bits per heavy atom. The maximum atomic E-state index is 11.9. The van der Waals surface area contributed by atoms with Crippen LogP contribution in [-0.4, -0.2) is 5.97 Å². The first-order valence-corrected chi connectivity index (χ1v) is 9.95. The van der Waals surface area contributed by atoms with Crippen molar-refractivity contribution in [2.75, 3.05) is 0 Å². The fourth-order valence-electron chi connectivity index (χ4n) is 3.03. The Hall–Kier alpha value is -1.31. The molecule has 2 heteroatoms. The molecule has 0 amide bonds. The van der Waals surface area contributed by atoms with Gasteiger partial charge in [0.15, 0.2) is 0 Å². The van der Waals surface area contributed by atoms with Crippen molar-refractivity contribution in [1.82, 2.24) is 0 Å². The molecule has 0 fully saturated rings. The monoisotopic (exact) mass is 332 g/mol. The van der Waals surface area contributed by atoms with E-state index < -0.39 is 0 Å². The lowest BCUT2D eigenvalue weighted by molar-refractivity contribution is -0.134. The van der Waals surface area contributed by atoms with E-state index in [1.165, 1.54) is 37.7 Å². The van der Waals surface area contributed by atoms with Gasteiger partial charge in [-0.25, -0.2) is 0 Å². The van der Waals surface area contributed by atoms with Crippen molar-refractivity contribution >= 4 is 5.97 Å². The number of rotatable bonds is 13. The standard InChI is InChI=1S/C22H36O2/c1-4-6-8-13-19(3)14-12-16-20-15-10-11-17-21(20)24-22(23)18-9-7-5-2/h10-11,15,17,19H,4-9,12-14,16,18H2,1-3H3. The topological polar surface area (TPSA) is 26.3 Å². The van der Waals surface area contributed by atoms with E-state index >= 15 is 0 Å². The number of carbonyl (C=O) groups is 1. The number of aryl methyl sites for hydroxylation is 1. The highest BCUT2D eigenvalue weighted by Crippen LogP contribution is 2.23. The molecule has 24 heavy (non-hydrogen) atoms. The van der Waals surface area contributed by atoms with E-state index in [4.69, 9.17) is 4.74 Å². The Kier molecular flexibility index (Phi) is 11.3. The van der Waals surface area contributed by atoms with E-state index in [-0.39, 0.29) is 5.97 Å². The van der Waals surface area contributed by atoms with Crippen LogP contribution < -0.4 is 4.74 Å². The molecule has 1 atom stereocenters. The van der Waals surface area contributed by atoms with Crippen LogP contribution in [0.2, 0.25) is 0 Å². The Bertz CT molecular complexity index is 453. The quantitative estimate of drug-likeness (QED) is 0.228. The lowest BCUT2D eigenvalue weighted by atomic mass is 9.96. The van der Waals surface area contributed by atoms with Gasteiger partial charge in [-0.2, -0.15) is 0 Å². The van der Waals surface area contributed by atoms with Crippen molar-refractivity contribution in [2.24, 2.45) is 5.92 Å². The van der Waals surface area contributed by atoms with Crippen LogP contribution in [0, 0.1) is 5.92 Å². The Balaban J connectivity index is 2.38. The zero-order valence-corrected chi connectivity index (χ0v) is 16.0. The average Bonchev–Trinajstić information content (AvgIpc) is 2.57. The summed E-state index contributed by atoms with van der Waals surface area (Å²) >= 11 is 0. The highest BCUT2D eigenvalue weighted by atomic mass is 16.5. The zero-order valence-electron chi connectivity index (χ0n) is 16.0. The van der Waals surface area contributed by atoms with Crippen LogP contribution in [0.5, 0.6) is 5.75 Å². The Morgan fingerprint density at radius 3 is 2.38 bits per heavy atom. The maximum absolute atomic E-state index is 11.9. The molecule has 0 N–H and O–H groups in total. The van der Waals surface area contributed by atoms with Crippen molar-refractivity contribution in [3.8, 4) is 5.75 Å². The third-order valence-electron chi connectivity index (χ3n) is 4.62. The summed E-state index contributed by atoms with van der Waals surface area (Å²) in [6, 6.07) is 8.01. The van der Waals surface area contributed by atoms with Crippen molar-refractivity contribution in [3.05, 3.63) is 29.8 Å². The van der Waals surface area contributed by atoms with Crippen LogP contribution in [0.4, 0.5) is 0 Å². The van der Waals surface area contributed by atoms with Crippen molar-refractivity contribution in [1.29, 1.82) is 0 Å². The van der Waals surface area contributed by atoms with E-state index in [0.717, 1.165) is 43.8 Å². The molecular weight excluding hydrogens is 296 g/mol. The fourth-order valence-corrected chi connectivity index (χ4v) is 3.03. The van der Waals surface area contributed by atoms with Gasteiger partial charge in [0.1, 0.15) is 5.75 Å². The fraction of sp³-hybridized carbons (Fsp3) is 0.682. The summed E-state index contributed by atoms with van der Waals surface area (Å²) in [5.41, 5.74) is 1.17. The molecule has 0 spiro atoms. The second-order valence-electron chi connectivity index (χ2n) is 7.03. The highest BCUT2D eigenvalue weighted by Gasteiger charge is 2.09. The van der Waals surface area contributed by atoms with Crippen LogP contribution >= 0.6 is 0 Å². The number of unbranched alkanes of at least 4 members (excludes halogenated alkanes) is 4. The van der Waals surface area contributed by atoms with E-state index in [9.17, 15) is 4.79 Å². The van der Waals surface area contributed by atoms with Gasteiger partial charge in [-0.15, -0.1) is 0 Å². The van der Waals surface area contributed by atoms with Gasteiger partial charge in [0.2, 0.25) is 0 Å². The maximum Gasteiger partial charge on any atom is 0.311 e. The molecule has 0 aliphatic carbocycles. The lowest BCUT2D eigenvalue weighted by Gasteiger charge is -2.13. The number of benzene rings is 1. The van der Waals surface area contributed by atoms with Gasteiger partial charge >= 0.3 is 5.97 Å². The molecule has 0 saturated heterocycles. The van der Waals surface area contributed by atoms with Gasteiger partial charge in [-0.3, -0.25) is 4.79 Å². The minimum Gasteiger partial charge on any atom is -0.426 e. The predicted molar refractivity (Wildman–Crippen MR) is 102 cm³/mol. The van der Waals surface area contributed by atoms with Gasteiger partial charge < -0.3 is 4.74 Å². The molecule has 1 unspecified atom stereocenters. The van der Waals surface area contributed by atoms with Crippen LogP contribution in [0.1, 0.15) is 90.5 Å². The first-order valence-electron chi connectivity index (χ1n) is 9.95. The number of carbonyl (C=O) groups excluding carboxylic acids is 1. The molecule has 2 nitrogen and oxygen atoms in total. The van der Waals surface area contributed by atoms with Gasteiger partial charge in [0, 0.05) is 6.42 Å². The first-order chi connectivity index (χ1) is 11.7.